The van der Waals surface area contributed by atoms with Crippen molar-refractivity contribution in [3.8, 4) is 5.69 Å². The van der Waals surface area contributed by atoms with E-state index in [1.54, 1.807) is 62.1 Å². The summed E-state index contributed by atoms with van der Waals surface area (Å²) in [4.78, 5) is 12.6. The van der Waals surface area contributed by atoms with E-state index in [1.807, 2.05) is 0 Å². The zero-order chi connectivity index (χ0) is 20.5. The predicted molar refractivity (Wildman–Crippen MR) is 105 cm³/mol. The summed E-state index contributed by atoms with van der Waals surface area (Å²) in [5.74, 6) is -0.770. The maximum absolute atomic E-state index is 12.6. The minimum absolute atomic E-state index is 0.152. The second-order valence-electron chi connectivity index (χ2n) is 7.04. The van der Waals surface area contributed by atoms with Crippen LogP contribution < -0.4 is 10.0 Å². The number of hydrogen-bond acceptors (Lipinski definition) is 5. The third kappa shape index (κ3) is 4.61. The van der Waals surface area contributed by atoms with E-state index < -0.39 is 21.5 Å². The number of aromatic nitrogens is 2. The molecule has 10 heteroatoms. The van der Waals surface area contributed by atoms with E-state index in [4.69, 9.17) is 16.0 Å². The number of benzene rings is 1. The van der Waals surface area contributed by atoms with Crippen molar-refractivity contribution < 1.29 is 17.6 Å². The Morgan fingerprint density at radius 1 is 1.21 bits per heavy atom. The summed E-state index contributed by atoms with van der Waals surface area (Å²) in [6.07, 6.45) is 3.32. The van der Waals surface area contributed by atoms with Crippen LogP contribution in [0.3, 0.4) is 0 Å². The van der Waals surface area contributed by atoms with E-state index in [9.17, 15) is 13.2 Å². The molecule has 2 heterocycles. The van der Waals surface area contributed by atoms with Gasteiger partial charge in [0.05, 0.1) is 11.4 Å². The standard InChI is InChI=1S/C18H19ClN4O4S/c1-18(2,3)22-28(25,26)16-8-7-15(27-16)17(24)21-13-11-12(19)5-6-14(13)23-10-4-9-20-23/h4-11,22H,1-3H3,(H,21,24). The topological polar surface area (TPSA) is 106 Å². The average Bonchev–Trinajstić information content (AvgIpc) is 3.25. The van der Waals surface area contributed by atoms with Crippen LogP contribution >= 0.6 is 11.6 Å². The Balaban J connectivity index is 1.86. The van der Waals surface area contributed by atoms with Gasteiger partial charge in [-0.1, -0.05) is 11.6 Å². The van der Waals surface area contributed by atoms with Crippen molar-refractivity contribution in [2.24, 2.45) is 0 Å². The molecule has 0 spiro atoms. The van der Waals surface area contributed by atoms with Gasteiger partial charge in [0.1, 0.15) is 0 Å². The highest BCUT2D eigenvalue weighted by Crippen LogP contribution is 2.25. The highest BCUT2D eigenvalue weighted by atomic mass is 35.5. The number of rotatable bonds is 5. The molecule has 0 aliphatic carbocycles. The van der Waals surface area contributed by atoms with Crippen LogP contribution in [0.5, 0.6) is 0 Å². The Labute approximate surface area is 167 Å². The molecular formula is C18H19ClN4O4S. The second-order valence-corrected chi connectivity index (χ2v) is 9.09. The molecule has 0 bridgehead atoms. The number of sulfonamides is 1. The van der Waals surface area contributed by atoms with Gasteiger partial charge in [-0.2, -0.15) is 5.10 Å². The van der Waals surface area contributed by atoms with Gasteiger partial charge in [-0.05, 0) is 57.2 Å². The Hall–Kier alpha value is -2.62. The van der Waals surface area contributed by atoms with Gasteiger partial charge in [-0.25, -0.2) is 17.8 Å². The number of nitrogens with one attached hydrogen (secondary N) is 2. The summed E-state index contributed by atoms with van der Waals surface area (Å²) in [5, 5.41) is 6.89. The van der Waals surface area contributed by atoms with Crippen LogP contribution in [-0.2, 0) is 10.0 Å². The Morgan fingerprint density at radius 3 is 2.61 bits per heavy atom. The average molecular weight is 423 g/mol. The number of halogens is 1. The third-order valence-corrected chi connectivity index (χ3v) is 5.33. The lowest BCUT2D eigenvalue weighted by molar-refractivity contribution is 0.0991. The van der Waals surface area contributed by atoms with Gasteiger partial charge in [-0.3, -0.25) is 4.79 Å². The highest BCUT2D eigenvalue weighted by Gasteiger charge is 2.26. The highest BCUT2D eigenvalue weighted by molar-refractivity contribution is 7.89. The van der Waals surface area contributed by atoms with Crippen LogP contribution in [0.2, 0.25) is 5.02 Å². The van der Waals surface area contributed by atoms with E-state index >= 15 is 0 Å². The minimum atomic E-state index is -3.89. The van der Waals surface area contributed by atoms with Crippen LogP contribution in [0.4, 0.5) is 5.69 Å². The van der Waals surface area contributed by atoms with Gasteiger partial charge < -0.3 is 9.73 Å². The quantitative estimate of drug-likeness (QED) is 0.655. The summed E-state index contributed by atoms with van der Waals surface area (Å²) in [5.41, 5.74) is 0.305. The number of amides is 1. The molecule has 2 N–H and O–H groups in total. The zero-order valence-electron chi connectivity index (χ0n) is 15.4. The van der Waals surface area contributed by atoms with E-state index in [2.05, 4.69) is 15.1 Å². The first-order valence-corrected chi connectivity index (χ1v) is 10.2. The molecule has 0 aliphatic rings. The largest absolute Gasteiger partial charge is 0.438 e. The molecule has 0 fully saturated rings. The number of anilines is 1. The molecule has 0 atom stereocenters. The van der Waals surface area contributed by atoms with Gasteiger partial charge in [0.25, 0.3) is 15.9 Å². The maximum Gasteiger partial charge on any atom is 0.291 e. The SMILES string of the molecule is CC(C)(C)NS(=O)(=O)c1ccc(C(=O)Nc2cc(Cl)ccc2-n2cccn2)o1. The number of hydrogen-bond donors (Lipinski definition) is 2. The molecule has 3 rings (SSSR count). The van der Waals surface area contributed by atoms with E-state index in [-0.39, 0.29) is 10.9 Å². The molecular weight excluding hydrogens is 404 g/mol. The molecule has 148 valence electrons. The van der Waals surface area contributed by atoms with Crippen LogP contribution in [0.15, 0.2) is 58.3 Å². The molecule has 0 saturated carbocycles. The van der Waals surface area contributed by atoms with Crippen LogP contribution in [-0.4, -0.2) is 29.6 Å². The fraction of sp³-hybridized carbons (Fsp3) is 0.222. The van der Waals surface area contributed by atoms with Gasteiger partial charge in [0, 0.05) is 23.0 Å². The zero-order valence-corrected chi connectivity index (χ0v) is 17.0. The number of carbonyl (C=O) groups is 1. The molecule has 0 saturated heterocycles. The van der Waals surface area contributed by atoms with Gasteiger partial charge in [-0.15, -0.1) is 0 Å². The van der Waals surface area contributed by atoms with Crippen molar-refractivity contribution in [2.45, 2.75) is 31.4 Å². The molecule has 0 radical (unpaired) electrons. The van der Waals surface area contributed by atoms with E-state index in [0.29, 0.717) is 16.4 Å². The predicted octanol–water partition coefficient (Wildman–Crippen LogP) is 3.45. The van der Waals surface area contributed by atoms with Gasteiger partial charge >= 0.3 is 0 Å². The number of furan rings is 1. The number of carbonyl (C=O) groups excluding carboxylic acids is 1. The Bertz CT molecular complexity index is 1100. The normalized spacial score (nSPS) is 12.1. The van der Waals surface area contributed by atoms with Crippen molar-refractivity contribution in [1.82, 2.24) is 14.5 Å². The first-order chi connectivity index (χ1) is 13.0. The Kier molecular flexibility index (Phi) is 5.33. The molecule has 0 aliphatic heterocycles. The number of nitrogens with zero attached hydrogens (tertiary/aromatic N) is 2. The van der Waals surface area contributed by atoms with Crippen molar-refractivity contribution >= 4 is 33.2 Å². The van der Waals surface area contributed by atoms with Crippen molar-refractivity contribution in [3.05, 3.63) is 59.6 Å². The molecule has 8 nitrogen and oxygen atoms in total. The minimum Gasteiger partial charge on any atom is -0.438 e. The fourth-order valence-electron chi connectivity index (χ4n) is 2.44. The molecule has 28 heavy (non-hydrogen) atoms. The van der Waals surface area contributed by atoms with Crippen molar-refractivity contribution in [1.29, 1.82) is 0 Å². The third-order valence-electron chi connectivity index (χ3n) is 3.47. The summed E-state index contributed by atoms with van der Waals surface area (Å²) < 4.78 is 34.0. The van der Waals surface area contributed by atoms with Crippen LogP contribution in [0.1, 0.15) is 31.3 Å². The molecule has 3 aromatic rings. The van der Waals surface area contributed by atoms with E-state index in [0.717, 1.165) is 0 Å². The molecule has 2 aromatic heterocycles. The lowest BCUT2D eigenvalue weighted by Gasteiger charge is -2.19. The lowest BCUT2D eigenvalue weighted by Crippen LogP contribution is -2.40. The second kappa shape index (κ2) is 7.42. The molecule has 1 amide bonds. The summed E-state index contributed by atoms with van der Waals surface area (Å²) in [7, 11) is -3.89. The molecule has 1 aromatic carbocycles. The van der Waals surface area contributed by atoms with Crippen molar-refractivity contribution in [3.63, 3.8) is 0 Å². The molecule has 0 unspecified atom stereocenters. The first-order valence-electron chi connectivity index (χ1n) is 8.30. The first kappa shape index (κ1) is 20.1. The van der Waals surface area contributed by atoms with Crippen LogP contribution in [0, 0.1) is 0 Å². The summed E-state index contributed by atoms with van der Waals surface area (Å²) >= 11 is 6.04. The lowest BCUT2D eigenvalue weighted by atomic mass is 10.1. The summed E-state index contributed by atoms with van der Waals surface area (Å²) in [6.45, 7) is 5.12. The monoisotopic (exact) mass is 422 g/mol. The van der Waals surface area contributed by atoms with Gasteiger partial charge in [0.2, 0.25) is 5.09 Å². The fourth-order valence-corrected chi connectivity index (χ4v) is 3.97. The Morgan fingerprint density at radius 2 is 1.96 bits per heavy atom. The maximum atomic E-state index is 12.6. The van der Waals surface area contributed by atoms with Crippen LogP contribution in [0.25, 0.3) is 5.69 Å². The van der Waals surface area contributed by atoms with E-state index in [1.165, 1.54) is 12.1 Å². The van der Waals surface area contributed by atoms with Gasteiger partial charge in [0.15, 0.2) is 5.76 Å². The summed E-state index contributed by atoms with van der Waals surface area (Å²) in [6, 6.07) is 9.21. The van der Waals surface area contributed by atoms with Crippen molar-refractivity contribution in [2.75, 3.05) is 5.32 Å². The smallest absolute Gasteiger partial charge is 0.291 e.